The first-order valence-electron chi connectivity index (χ1n) is 14.7. The van der Waals surface area contributed by atoms with Crippen LogP contribution in [0.25, 0.3) is 22.8 Å². The van der Waals surface area contributed by atoms with Gasteiger partial charge in [-0.1, -0.05) is 30.0 Å². The molecule has 11 nitrogen and oxygen atoms in total. The largest absolute Gasteiger partial charge is 0.574 e. The average molecular weight is 827 g/mol. The van der Waals surface area contributed by atoms with Crippen molar-refractivity contribution in [3.05, 3.63) is 108 Å². The Hall–Kier alpha value is -4.93. The average Bonchev–Trinajstić information content (AvgIpc) is 3.81. The third-order valence-electron chi connectivity index (χ3n) is 7.69. The standard InChI is InChI=1S/2C14H17N2O2.C8H6N3.Ir/c2*1-10-11(2)16(9-15(10)3)13-7-6-12(17-4)8-14(13)18-5;1-2-5-9-7(3-1)8-4-6-10-11-8;/h2*6,8H,1-5H3;1-6H;/q3*-1;. The molecule has 0 spiro atoms. The molecule has 0 unspecified atom stereocenters. The molecule has 2 aromatic carbocycles. The summed E-state index contributed by atoms with van der Waals surface area (Å²) in [6.45, 7) is 8.20. The van der Waals surface area contributed by atoms with E-state index in [1.54, 1.807) is 53.0 Å². The number of pyridine rings is 1. The van der Waals surface area contributed by atoms with E-state index in [1.165, 1.54) is 0 Å². The first-order valence-corrected chi connectivity index (χ1v) is 14.7. The summed E-state index contributed by atoms with van der Waals surface area (Å²) in [5, 5.41) is 7.58. The van der Waals surface area contributed by atoms with Crippen molar-refractivity contribution in [1.82, 2.24) is 24.3 Å². The zero-order chi connectivity index (χ0) is 34.1. The fourth-order valence-corrected chi connectivity index (χ4v) is 4.52. The van der Waals surface area contributed by atoms with Crippen molar-refractivity contribution in [2.24, 2.45) is 14.1 Å². The Bertz CT molecular complexity index is 1800. The van der Waals surface area contributed by atoms with Crippen molar-refractivity contribution in [2.45, 2.75) is 27.7 Å². The Morgan fingerprint density at radius 1 is 0.688 bits per heavy atom. The molecule has 255 valence electrons. The third kappa shape index (κ3) is 8.50. The maximum Gasteiger partial charge on any atom is 0.241 e. The van der Waals surface area contributed by atoms with Gasteiger partial charge in [-0.25, -0.2) is 0 Å². The molecule has 6 rings (SSSR count). The van der Waals surface area contributed by atoms with Crippen LogP contribution in [0.5, 0.6) is 23.0 Å². The summed E-state index contributed by atoms with van der Waals surface area (Å²) in [6.07, 6.45) is 9.84. The van der Waals surface area contributed by atoms with Crippen LogP contribution in [0, 0.1) is 52.5 Å². The molecule has 0 saturated carbocycles. The molecule has 12 heteroatoms. The Labute approximate surface area is 296 Å². The predicted molar refractivity (Wildman–Crippen MR) is 175 cm³/mol. The first-order chi connectivity index (χ1) is 22.6. The first kappa shape index (κ1) is 37.5. The summed E-state index contributed by atoms with van der Waals surface area (Å²) < 4.78 is 28.9. The zero-order valence-electron chi connectivity index (χ0n) is 28.9. The van der Waals surface area contributed by atoms with Gasteiger partial charge in [-0.15, -0.1) is 12.1 Å². The summed E-state index contributed by atoms with van der Waals surface area (Å²) in [7, 11) is 10.5. The molecule has 4 heterocycles. The van der Waals surface area contributed by atoms with Crippen LogP contribution in [-0.4, -0.2) is 47.7 Å². The van der Waals surface area contributed by atoms with E-state index in [0.29, 0.717) is 11.5 Å². The molecule has 0 N–H and O–H groups in total. The maximum atomic E-state index is 5.39. The van der Waals surface area contributed by atoms with Crippen LogP contribution in [0.15, 0.2) is 60.9 Å². The second kappa shape index (κ2) is 17.3. The second-order valence-electron chi connectivity index (χ2n) is 10.4. The van der Waals surface area contributed by atoms with Gasteiger partial charge >= 0.3 is 0 Å². The number of rotatable bonds is 7. The Kier molecular flexibility index (Phi) is 13.5. The molecular weight excluding hydrogens is 787 g/mol. The van der Waals surface area contributed by atoms with Crippen LogP contribution in [0.3, 0.4) is 0 Å². The number of aromatic nitrogens is 7. The molecule has 0 atom stereocenters. The molecule has 0 saturated heterocycles. The van der Waals surface area contributed by atoms with Gasteiger partial charge in [-0.2, -0.15) is 12.1 Å². The van der Waals surface area contributed by atoms with Crippen LogP contribution >= 0.6 is 0 Å². The molecule has 0 fully saturated rings. The number of aryl methyl sites for hydroxylation is 2. The quantitative estimate of drug-likeness (QED) is 0.176. The Morgan fingerprint density at radius 2 is 1.19 bits per heavy atom. The van der Waals surface area contributed by atoms with E-state index in [1.807, 2.05) is 82.6 Å². The van der Waals surface area contributed by atoms with Gasteiger partial charge in [0.15, 0.2) is 0 Å². The van der Waals surface area contributed by atoms with Crippen molar-refractivity contribution in [2.75, 3.05) is 28.4 Å². The van der Waals surface area contributed by atoms with Gasteiger partial charge in [0.05, 0.1) is 42.5 Å². The molecule has 1 radical (unpaired) electrons. The summed E-state index contributed by atoms with van der Waals surface area (Å²) in [4.78, 5) is 4.12. The zero-order valence-corrected chi connectivity index (χ0v) is 31.3. The number of hydrogen-bond donors (Lipinski definition) is 0. The van der Waals surface area contributed by atoms with E-state index in [0.717, 1.165) is 57.0 Å². The van der Waals surface area contributed by atoms with Crippen LogP contribution in [-0.2, 0) is 34.2 Å². The van der Waals surface area contributed by atoms with Crippen LogP contribution in [0.4, 0.5) is 0 Å². The van der Waals surface area contributed by atoms with Gasteiger partial charge in [-0.3, -0.25) is 4.98 Å². The minimum Gasteiger partial charge on any atom is -0.574 e. The van der Waals surface area contributed by atoms with Gasteiger partial charge in [0.1, 0.15) is 0 Å². The number of benzene rings is 2. The molecule has 4 aromatic heterocycles. The van der Waals surface area contributed by atoms with Gasteiger partial charge in [0.2, 0.25) is 12.7 Å². The van der Waals surface area contributed by atoms with Crippen molar-refractivity contribution in [3.63, 3.8) is 0 Å². The molecule has 6 aromatic rings. The molecular formula is C36H40IrN7O4-3. The van der Waals surface area contributed by atoms with E-state index in [4.69, 9.17) is 18.9 Å². The number of methoxy groups -OCH3 is 4. The summed E-state index contributed by atoms with van der Waals surface area (Å²) in [6, 6.07) is 21.2. The number of nitrogens with zero attached hydrogens (tertiary/aromatic N) is 7. The van der Waals surface area contributed by atoms with Gasteiger partial charge in [0, 0.05) is 84.0 Å². The van der Waals surface area contributed by atoms with Gasteiger partial charge in [-0.05, 0) is 51.2 Å². The second-order valence-corrected chi connectivity index (χ2v) is 10.4. The van der Waals surface area contributed by atoms with E-state index in [-0.39, 0.29) is 20.1 Å². The van der Waals surface area contributed by atoms with Crippen molar-refractivity contribution in [1.29, 1.82) is 0 Å². The summed E-state index contributed by atoms with van der Waals surface area (Å²) in [5.74, 6) is 2.87. The van der Waals surface area contributed by atoms with Crippen molar-refractivity contribution < 1.29 is 48.2 Å². The van der Waals surface area contributed by atoms with E-state index in [2.05, 4.69) is 53.8 Å². The molecule has 0 aliphatic heterocycles. The smallest absolute Gasteiger partial charge is 0.241 e. The predicted octanol–water partition coefficient (Wildman–Crippen LogP) is 4.17. The third-order valence-corrected chi connectivity index (χ3v) is 7.69. The summed E-state index contributed by atoms with van der Waals surface area (Å²) >= 11 is 0. The fraction of sp³-hybridized carbons (Fsp3) is 0.278. The Balaban J connectivity index is 0.000000199. The number of hydrogen-bond acceptors (Lipinski definition) is 6. The number of ether oxygens (including phenoxy) is 4. The molecule has 0 amide bonds. The number of imidazole rings is 2. The van der Waals surface area contributed by atoms with Crippen molar-refractivity contribution in [3.8, 4) is 45.8 Å². The van der Waals surface area contributed by atoms with Crippen LogP contribution < -0.4 is 33.2 Å². The van der Waals surface area contributed by atoms with Gasteiger partial charge in [0.25, 0.3) is 0 Å². The monoisotopic (exact) mass is 827 g/mol. The van der Waals surface area contributed by atoms with Crippen molar-refractivity contribution >= 4 is 0 Å². The molecule has 0 aliphatic rings. The van der Waals surface area contributed by atoms with Gasteiger partial charge < -0.3 is 47.4 Å². The maximum absolute atomic E-state index is 5.39. The molecule has 0 aliphatic carbocycles. The van der Waals surface area contributed by atoms with E-state index < -0.39 is 0 Å². The fourth-order valence-electron chi connectivity index (χ4n) is 4.52. The normalized spacial score (nSPS) is 10.1. The van der Waals surface area contributed by atoms with E-state index >= 15 is 0 Å². The van der Waals surface area contributed by atoms with E-state index in [9.17, 15) is 0 Å². The molecule has 48 heavy (non-hydrogen) atoms. The van der Waals surface area contributed by atoms with Crippen LogP contribution in [0.1, 0.15) is 22.8 Å². The minimum atomic E-state index is 0. The summed E-state index contributed by atoms with van der Waals surface area (Å²) in [5.41, 5.74) is 7.88. The van der Waals surface area contributed by atoms with Crippen LogP contribution in [0.2, 0.25) is 0 Å². The topological polar surface area (TPSA) is 94.4 Å². The SMILES string of the molecule is COc1c[c-]c(-n2[c-][n+](C)c(C)c2C)c(OC)c1.COc1c[c-]c(-n2[c-][n+](C)c(C)c2C)c(OC)c1.[Ir].c1ccc(-c2ccn[n-]2)nc1. The Morgan fingerprint density at radius 3 is 1.52 bits per heavy atom. The molecule has 0 bridgehead atoms. The minimum absolute atomic E-state index is 0.